The van der Waals surface area contributed by atoms with E-state index in [2.05, 4.69) is 10.3 Å². The van der Waals surface area contributed by atoms with Gasteiger partial charge in [0.1, 0.15) is 23.1 Å². The van der Waals surface area contributed by atoms with Gasteiger partial charge in [0.2, 0.25) is 5.91 Å². The van der Waals surface area contributed by atoms with Crippen molar-refractivity contribution in [2.75, 3.05) is 16.8 Å². The number of carbonyl (C=O) groups is 1. The number of nitrogens with two attached hydrogens (primary N) is 1. The lowest BCUT2D eigenvalue weighted by Gasteiger charge is -2.10. The van der Waals surface area contributed by atoms with Gasteiger partial charge in [0, 0.05) is 24.0 Å². The molecule has 1 amide bonds. The Balaban J connectivity index is 0.00000341. The third-order valence-corrected chi connectivity index (χ3v) is 5.32. The van der Waals surface area contributed by atoms with E-state index in [0.717, 1.165) is 18.2 Å². The number of ether oxygens (including phenoxy) is 1. The largest absolute Gasteiger partial charge is 0.454 e. The number of nitrogens with one attached hydrogen (secondary N) is 1. The van der Waals surface area contributed by atoms with E-state index in [4.69, 9.17) is 10.5 Å². The number of anilines is 2. The number of hydrogen-bond donors (Lipinski definition) is 2. The highest BCUT2D eigenvalue weighted by atomic mass is 35.5. The van der Waals surface area contributed by atoms with E-state index in [0.29, 0.717) is 5.56 Å². The van der Waals surface area contributed by atoms with Crippen molar-refractivity contribution in [3.63, 3.8) is 0 Å². The molecule has 164 valence electrons. The molecule has 0 radical (unpaired) electrons. The lowest BCUT2D eigenvalue weighted by atomic mass is 10.2. The van der Waals surface area contributed by atoms with Crippen molar-refractivity contribution in [2.45, 2.75) is 5.75 Å². The number of sulfone groups is 1. The zero-order chi connectivity index (χ0) is 21.7. The first-order valence-corrected chi connectivity index (χ1v) is 10.5. The average molecular weight is 470 g/mol. The molecule has 2 aromatic carbocycles. The first kappa shape index (κ1) is 24.0. The van der Waals surface area contributed by atoms with Crippen LogP contribution >= 0.6 is 12.4 Å². The van der Waals surface area contributed by atoms with Gasteiger partial charge in [-0.1, -0.05) is 12.1 Å². The van der Waals surface area contributed by atoms with Crippen LogP contribution in [-0.4, -0.2) is 25.1 Å². The van der Waals surface area contributed by atoms with E-state index in [1.54, 1.807) is 0 Å². The molecule has 3 N–H and O–H groups in total. The monoisotopic (exact) mass is 469 g/mol. The fourth-order valence-corrected chi connectivity index (χ4v) is 3.84. The molecule has 11 heteroatoms. The summed E-state index contributed by atoms with van der Waals surface area (Å²) in [7, 11) is -3.80. The Kier molecular flexibility index (Phi) is 7.89. The molecule has 0 aliphatic heterocycles. The van der Waals surface area contributed by atoms with Gasteiger partial charge in [-0.05, 0) is 35.9 Å². The molecule has 0 unspecified atom stereocenters. The minimum atomic E-state index is -3.80. The minimum Gasteiger partial charge on any atom is -0.454 e. The van der Waals surface area contributed by atoms with Crippen LogP contribution in [0, 0.1) is 11.6 Å². The summed E-state index contributed by atoms with van der Waals surface area (Å²) in [4.78, 5) is 15.9. The van der Waals surface area contributed by atoms with Crippen molar-refractivity contribution in [1.29, 1.82) is 0 Å². The summed E-state index contributed by atoms with van der Waals surface area (Å²) in [5.74, 6) is -2.93. The van der Waals surface area contributed by atoms with Gasteiger partial charge in [-0.2, -0.15) is 0 Å². The van der Waals surface area contributed by atoms with E-state index >= 15 is 0 Å². The maximum Gasteiger partial charge on any atom is 0.239 e. The van der Waals surface area contributed by atoms with Crippen LogP contribution in [0.2, 0.25) is 0 Å². The number of hydrogen-bond acceptors (Lipinski definition) is 6. The third kappa shape index (κ3) is 7.19. The zero-order valence-corrected chi connectivity index (χ0v) is 17.6. The Labute approximate surface area is 183 Å². The van der Waals surface area contributed by atoms with Crippen molar-refractivity contribution < 1.29 is 26.7 Å². The lowest BCUT2D eigenvalue weighted by molar-refractivity contribution is -0.113. The number of nitrogen functional groups attached to an aromatic ring is 1. The van der Waals surface area contributed by atoms with Gasteiger partial charge in [-0.25, -0.2) is 22.2 Å². The fraction of sp³-hybridized carbons (Fsp3) is 0.100. The Morgan fingerprint density at radius 3 is 2.42 bits per heavy atom. The highest BCUT2D eigenvalue weighted by molar-refractivity contribution is 7.91. The van der Waals surface area contributed by atoms with Crippen molar-refractivity contribution >= 4 is 39.7 Å². The second-order valence-corrected chi connectivity index (χ2v) is 8.44. The van der Waals surface area contributed by atoms with Crippen molar-refractivity contribution in [3.8, 4) is 11.5 Å². The summed E-state index contributed by atoms with van der Waals surface area (Å²) in [6, 6.07) is 11.5. The topological polar surface area (TPSA) is 111 Å². The van der Waals surface area contributed by atoms with Crippen LogP contribution < -0.4 is 15.8 Å². The minimum absolute atomic E-state index is 0. The van der Waals surface area contributed by atoms with Crippen LogP contribution in [0.5, 0.6) is 11.5 Å². The van der Waals surface area contributed by atoms with E-state index in [-0.39, 0.29) is 35.4 Å². The van der Waals surface area contributed by atoms with Gasteiger partial charge in [0.25, 0.3) is 0 Å². The summed E-state index contributed by atoms with van der Waals surface area (Å²) >= 11 is 0. The summed E-state index contributed by atoms with van der Waals surface area (Å²) in [6.45, 7) is 0. The smallest absolute Gasteiger partial charge is 0.239 e. The SMILES string of the molecule is Cl.Nc1cc(Oc2ccc(NC(=O)CS(=O)(=O)Cc3ccc(F)cc3)cc2F)ccn1. The number of halogens is 3. The standard InChI is InChI=1S/C20H17F2N3O4S.ClH/c21-14-3-1-13(2-4-14)11-30(27,28)12-20(26)25-15-5-6-18(17(22)9-15)29-16-7-8-24-19(23)10-16;/h1-10H,11-12H2,(H2,23,24)(H,25,26);1H. The van der Waals surface area contributed by atoms with Gasteiger partial charge < -0.3 is 15.8 Å². The second-order valence-electron chi connectivity index (χ2n) is 6.37. The number of nitrogens with zero attached hydrogens (tertiary/aromatic N) is 1. The summed E-state index contributed by atoms with van der Waals surface area (Å²) in [5.41, 5.74) is 5.96. The summed E-state index contributed by atoms with van der Waals surface area (Å²) < 4.78 is 56.9. The maximum atomic E-state index is 14.3. The number of amides is 1. The van der Waals surface area contributed by atoms with Crippen molar-refractivity contribution in [3.05, 3.63) is 78.0 Å². The van der Waals surface area contributed by atoms with Crippen LogP contribution in [0.25, 0.3) is 0 Å². The predicted molar refractivity (Wildman–Crippen MR) is 115 cm³/mol. The van der Waals surface area contributed by atoms with E-state index in [1.165, 1.54) is 42.6 Å². The Morgan fingerprint density at radius 2 is 1.77 bits per heavy atom. The van der Waals surface area contributed by atoms with Gasteiger partial charge in [0.05, 0.1) is 5.75 Å². The molecule has 1 heterocycles. The van der Waals surface area contributed by atoms with Crippen LogP contribution in [0.15, 0.2) is 60.8 Å². The van der Waals surface area contributed by atoms with Crippen LogP contribution in [0.3, 0.4) is 0 Å². The molecule has 3 rings (SSSR count). The van der Waals surface area contributed by atoms with Gasteiger partial charge in [-0.3, -0.25) is 4.79 Å². The molecule has 0 spiro atoms. The van der Waals surface area contributed by atoms with Crippen molar-refractivity contribution in [2.24, 2.45) is 0 Å². The fourth-order valence-electron chi connectivity index (χ4n) is 2.56. The number of carbonyl (C=O) groups excluding carboxylic acids is 1. The number of pyridine rings is 1. The molecule has 7 nitrogen and oxygen atoms in total. The van der Waals surface area contributed by atoms with Gasteiger partial charge in [-0.15, -0.1) is 12.4 Å². The molecule has 0 saturated heterocycles. The molecule has 0 atom stereocenters. The Morgan fingerprint density at radius 1 is 1.06 bits per heavy atom. The van der Waals surface area contributed by atoms with Gasteiger partial charge >= 0.3 is 0 Å². The second kappa shape index (κ2) is 10.2. The Hall–Kier alpha value is -3.24. The first-order valence-electron chi connectivity index (χ1n) is 8.64. The van der Waals surface area contributed by atoms with Crippen LogP contribution in [-0.2, 0) is 20.4 Å². The molecule has 0 aliphatic carbocycles. The predicted octanol–water partition coefficient (Wildman–Crippen LogP) is 3.71. The quantitative estimate of drug-likeness (QED) is 0.545. The van der Waals surface area contributed by atoms with E-state index < -0.39 is 38.9 Å². The number of benzene rings is 2. The highest BCUT2D eigenvalue weighted by Gasteiger charge is 2.18. The molecular formula is C20H18ClF2N3O4S. The zero-order valence-electron chi connectivity index (χ0n) is 15.9. The number of rotatable bonds is 7. The van der Waals surface area contributed by atoms with E-state index in [9.17, 15) is 22.0 Å². The number of aromatic nitrogens is 1. The molecule has 0 saturated carbocycles. The molecular weight excluding hydrogens is 452 g/mol. The first-order chi connectivity index (χ1) is 14.2. The molecule has 0 bridgehead atoms. The van der Waals surface area contributed by atoms with Crippen LogP contribution in [0.1, 0.15) is 5.56 Å². The highest BCUT2D eigenvalue weighted by Crippen LogP contribution is 2.27. The lowest BCUT2D eigenvalue weighted by Crippen LogP contribution is -2.24. The molecule has 3 aromatic rings. The molecule has 0 aliphatic rings. The normalized spacial score (nSPS) is 10.8. The van der Waals surface area contributed by atoms with Crippen molar-refractivity contribution in [1.82, 2.24) is 4.98 Å². The molecule has 31 heavy (non-hydrogen) atoms. The Bertz CT molecular complexity index is 1180. The summed E-state index contributed by atoms with van der Waals surface area (Å²) in [5, 5.41) is 2.33. The molecule has 1 aromatic heterocycles. The average Bonchev–Trinajstić information content (AvgIpc) is 2.65. The van der Waals surface area contributed by atoms with Gasteiger partial charge in [0.15, 0.2) is 21.4 Å². The maximum absolute atomic E-state index is 14.3. The summed E-state index contributed by atoms with van der Waals surface area (Å²) in [6.07, 6.45) is 1.41. The van der Waals surface area contributed by atoms with Crippen LogP contribution in [0.4, 0.5) is 20.3 Å². The molecule has 0 fully saturated rings. The van der Waals surface area contributed by atoms with E-state index in [1.807, 2.05) is 0 Å². The third-order valence-electron chi connectivity index (χ3n) is 3.85.